The number of hydrogen-bond acceptors (Lipinski definition) is 3. The molecule has 0 fully saturated rings. The van der Waals surface area contributed by atoms with E-state index in [4.69, 9.17) is 9.84 Å². The van der Waals surface area contributed by atoms with E-state index in [0.29, 0.717) is 13.2 Å². The van der Waals surface area contributed by atoms with Crippen molar-refractivity contribution in [1.82, 2.24) is 5.32 Å². The number of aliphatic hydroxyl groups is 1. The van der Waals surface area contributed by atoms with Gasteiger partial charge in [-0.05, 0) is 43.1 Å². The molecule has 0 aliphatic heterocycles. The lowest BCUT2D eigenvalue weighted by Crippen LogP contribution is -2.26. The average Bonchev–Trinajstić information content (AvgIpc) is 2.59. The van der Waals surface area contributed by atoms with Crippen LogP contribution < -0.4 is 10.1 Å². The summed E-state index contributed by atoms with van der Waals surface area (Å²) in [6, 6.07) is 18.9. The van der Waals surface area contributed by atoms with Crippen molar-refractivity contribution in [3.05, 3.63) is 65.7 Å². The minimum Gasteiger partial charge on any atom is -0.494 e. The molecule has 0 radical (unpaired) electrons. The summed E-state index contributed by atoms with van der Waals surface area (Å²) in [6.45, 7) is 8.42. The van der Waals surface area contributed by atoms with Gasteiger partial charge in [-0.25, -0.2) is 0 Å². The summed E-state index contributed by atoms with van der Waals surface area (Å²) >= 11 is 0. The number of hydrogen-bond donors (Lipinski definition) is 2. The first kappa shape index (κ1) is 21.5. The van der Waals surface area contributed by atoms with Crippen LogP contribution in [0.1, 0.15) is 38.3 Å². The third kappa shape index (κ3) is 6.69. The minimum atomic E-state index is -0.300. The van der Waals surface area contributed by atoms with Gasteiger partial charge in [0.15, 0.2) is 0 Å². The molecule has 2 N–H and O–H groups in total. The Bertz CT molecular complexity index is 597. The number of aliphatic hydroxyl groups excluding tert-OH is 1. The molecule has 0 saturated heterocycles. The van der Waals surface area contributed by atoms with Crippen LogP contribution in [-0.4, -0.2) is 30.9 Å². The van der Waals surface area contributed by atoms with Gasteiger partial charge in [-0.1, -0.05) is 56.3 Å². The topological polar surface area (TPSA) is 41.5 Å². The molecule has 4 heteroatoms. The van der Waals surface area contributed by atoms with Gasteiger partial charge in [0.25, 0.3) is 0 Å². The minimum absolute atomic E-state index is 0. The number of rotatable bonds is 9. The van der Waals surface area contributed by atoms with Crippen molar-refractivity contribution in [2.45, 2.75) is 38.7 Å². The van der Waals surface area contributed by atoms with Crippen molar-refractivity contribution < 1.29 is 9.84 Å². The molecule has 1 unspecified atom stereocenters. The SMILES string of the molecule is CC(O)CNCCCOc1ccc(C(C)(C)c2ccccc2)cc1.Cl. The van der Waals surface area contributed by atoms with Crippen molar-refractivity contribution in [1.29, 1.82) is 0 Å². The van der Waals surface area contributed by atoms with Crippen LogP contribution in [0.4, 0.5) is 0 Å². The Hall–Kier alpha value is -1.55. The largest absolute Gasteiger partial charge is 0.494 e. The van der Waals surface area contributed by atoms with E-state index >= 15 is 0 Å². The quantitative estimate of drug-likeness (QED) is 0.657. The lowest BCUT2D eigenvalue weighted by molar-refractivity contribution is 0.190. The molecule has 0 aliphatic carbocycles. The average molecular weight is 364 g/mol. The first-order chi connectivity index (χ1) is 11.5. The van der Waals surface area contributed by atoms with Crippen molar-refractivity contribution in [2.24, 2.45) is 0 Å². The van der Waals surface area contributed by atoms with E-state index in [9.17, 15) is 0 Å². The van der Waals surface area contributed by atoms with Crippen molar-refractivity contribution in [3.8, 4) is 5.75 Å². The molecule has 3 nitrogen and oxygen atoms in total. The van der Waals surface area contributed by atoms with Crippen LogP contribution in [0, 0.1) is 0 Å². The molecule has 0 aliphatic rings. The maximum absolute atomic E-state index is 9.17. The molecule has 2 rings (SSSR count). The molecule has 138 valence electrons. The molecule has 0 aromatic heterocycles. The highest BCUT2D eigenvalue weighted by atomic mass is 35.5. The summed E-state index contributed by atoms with van der Waals surface area (Å²) in [4.78, 5) is 0. The molecule has 1 atom stereocenters. The molecule has 25 heavy (non-hydrogen) atoms. The molecular formula is C21H30ClNO2. The fraction of sp³-hybridized carbons (Fsp3) is 0.429. The van der Waals surface area contributed by atoms with Gasteiger partial charge >= 0.3 is 0 Å². The highest BCUT2D eigenvalue weighted by Crippen LogP contribution is 2.32. The van der Waals surface area contributed by atoms with Crippen LogP contribution in [0.15, 0.2) is 54.6 Å². The second kappa shape index (κ2) is 10.4. The predicted octanol–water partition coefficient (Wildman–Crippen LogP) is 4.17. The van der Waals surface area contributed by atoms with E-state index in [1.165, 1.54) is 11.1 Å². The van der Waals surface area contributed by atoms with Crippen LogP contribution in [0.2, 0.25) is 0 Å². The van der Waals surface area contributed by atoms with E-state index in [2.05, 4.69) is 55.6 Å². The summed E-state index contributed by atoms with van der Waals surface area (Å²) in [6.07, 6.45) is 0.621. The summed E-state index contributed by atoms with van der Waals surface area (Å²) in [5, 5.41) is 12.4. The number of nitrogens with one attached hydrogen (secondary N) is 1. The number of halogens is 1. The van der Waals surface area contributed by atoms with Gasteiger partial charge in [0.05, 0.1) is 12.7 Å². The third-order valence-electron chi connectivity index (χ3n) is 4.28. The Morgan fingerprint density at radius 2 is 1.60 bits per heavy atom. The standard InChI is InChI=1S/C21H29NO2.ClH/c1-17(23)16-22-14-7-15-24-20-12-10-19(11-13-20)21(2,3)18-8-5-4-6-9-18;/h4-6,8-13,17,22-23H,7,14-16H2,1-3H3;1H. The summed E-state index contributed by atoms with van der Waals surface area (Å²) in [5.74, 6) is 0.901. The number of ether oxygens (including phenoxy) is 1. The normalized spacial score (nSPS) is 12.3. The molecular weight excluding hydrogens is 334 g/mol. The molecule has 0 spiro atoms. The Balaban J connectivity index is 0.00000312. The van der Waals surface area contributed by atoms with Crippen LogP contribution in [0.5, 0.6) is 5.75 Å². The van der Waals surface area contributed by atoms with E-state index in [0.717, 1.165) is 18.7 Å². The predicted molar refractivity (Wildman–Crippen MR) is 107 cm³/mol. The fourth-order valence-electron chi connectivity index (χ4n) is 2.69. The zero-order valence-corrected chi connectivity index (χ0v) is 16.2. The lowest BCUT2D eigenvalue weighted by Gasteiger charge is -2.26. The number of benzene rings is 2. The molecule has 0 amide bonds. The Kier molecular flexibility index (Phi) is 8.98. The van der Waals surface area contributed by atoms with Crippen molar-refractivity contribution >= 4 is 12.4 Å². The van der Waals surface area contributed by atoms with E-state index in [-0.39, 0.29) is 23.9 Å². The van der Waals surface area contributed by atoms with Crippen molar-refractivity contribution in [3.63, 3.8) is 0 Å². The second-order valence-corrected chi connectivity index (χ2v) is 6.77. The first-order valence-corrected chi connectivity index (χ1v) is 8.68. The third-order valence-corrected chi connectivity index (χ3v) is 4.28. The maximum Gasteiger partial charge on any atom is 0.119 e. The summed E-state index contributed by atoms with van der Waals surface area (Å²) in [5.41, 5.74) is 2.56. The van der Waals surface area contributed by atoms with Crippen molar-refractivity contribution in [2.75, 3.05) is 19.7 Å². The van der Waals surface area contributed by atoms with Gasteiger partial charge < -0.3 is 15.2 Å². The highest BCUT2D eigenvalue weighted by molar-refractivity contribution is 5.85. The maximum atomic E-state index is 9.17. The molecule has 0 bridgehead atoms. The summed E-state index contributed by atoms with van der Waals surface area (Å²) < 4.78 is 5.78. The van der Waals surface area contributed by atoms with Gasteiger partial charge in [-0.3, -0.25) is 0 Å². The van der Waals surface area contributed by atoms with Gasteiger partial charge in [-0.15, -0.1) is 12.4 Å². The van der Waals surface area contributed by atoms with Crippen LogP contribution in [0.25, 0.3) is 0 Å². The lowest BCUT2D eigenvalue weighted by atomic mass is 9.78. The Labute approximate surface area is 157 Å². The van der Waals surface area contributed by atoms with Gasteiger partial charge in [-0.2, -0.15) is 0 Å². The Morgan fingerprint density at radius 1 is 1.00 bits per heavy atom. The molecule has 2 aromatic carbocycles. The summed E-state index contributed by atoms with van der Waals surface area (Å²) in [7, 11) is 0. The molecule has 2 aromatic rings. The van der Waals surface area contributed by atoms with E-state index < -0.39 is 0 Å². The Morgan fingerprint density at radius 3 is 2.20 bits per heavy atom. The van der Waals surface area contributed by atoms with Gasteiger partial charge in [0.2, 0.25) is 0 Å². The van der Waals surface area contributed by atoms with E-state index in [1.807, 2.05) is 18.2 Å². The zero-order chi connectivity index (χ0) is 17.4. The molecule has 0 heterocycles. The fourth-order valence-corrected chi connectivity index (χ4v) is 2.69. The highest BCUT2D eigenvalue weighted by Gasteiger charge is 2.22. The van der Waals surface area contributed by atoms with Gasteiger partial charge in [0.1, 0.15) is 5.75 Å². The second-order valence-electron chi connectivity index (χ2n) is 6.77. The van der Waals surface area contributed by atoms with Gasteiger partial charge in [0, 0.05) is 12.0 Å². The molecule has 0 saturated carbocycles. The first-order valence-electron chi connectivity index (χ1n) is 8.68. The monoisotopic (exact) mass is 363 g/mol. The van der Waals surface area contributed by atoms with Crippen LogP contribution in [0.3, 0.4) is 0 Å². The van der Waals surface area contributed by atoms with Crippen LogP contribution in [-0.2, 0) is 5.41 Å². The van der Waals surface area contributed by atoms with E-state index in [1.54, 1.807) is 6.92 Å². The zero-order valence-electron chi connectivity index (χ0n) is 15.4. The smallest absolute Gasteiger partial charge is 0.119 e. The van der Waals surface area contributed by atoms with Crippen LogP contribution >= 0.6 is 12.4 Å².